The van der Waals surface area contributed by atoms with Crippen molar-refractivity contribution in [1.29, 1.82) is 0 Å². The Morgan fingerprint density at radius 3 is 2.64 bits per heavy atom. The van der Waals surface area contributed by atoms with Crippen LogP contribution in [0.5, 0.6) is 0 Å². The van der Waals surface area contributed by atoms with Gasteiger partial charge in [0.1, 0.15) is 17.1 Å². The summed E-state index contributed by atoms with van der Waals surface area (Å²) in [4.78, 5) is 71.2. The number of anilines is 1. The van der Waals surface area contributed by atoms with Gasteiger partial charge in [0.2, 0.25) is 6.10 Å². The van der Waals surface area contributed by atoms with Gasteiger partial charge in [0.05, 0.1) is 12.3 Å². The molecule has 2 amide bonds. The van der Waals surface area contributed by atoms with Crippen LogP contribution in [-0.2, 0) is 44.3 Å². The molecule has 4 heterocycles. The lowest BCUT2D eigenvalue weighted by Gasteiger charge is -2.56. The number of nitrogens with one attached hydrogen (secondary N) is 1. The van der Waals surface area contributed by atoms with Crippen LogP contribution in [0.4, 0.5) is 5.13 Å². The molecule has 3 saturated heterocycles. The normalized spacial score (nSPS) is 30.1. The molecule has 5 N–H and O–H groups in total. The van der Waals surface area contributed by atoms with Gasteiger partial charge in [-0.3, -0.25) is 23.5 Å². The number of hydrogen-bond acceptors (Lipinski definition) is 12. The number of carboxylic acids is 2. The standard InChI is InChI=1S/C19H21N5O10S2/c1-6(2)12(16(28)29)34-23-10(8-4-35-18(20)21-8)13(26)22-11-14(27)24-15(11)36(32)5-7-3-9(25)33-19(7,24)17(30)31/h4,6-7,11-12,15H,3,5H2,1-2H3,(H2,20,21)(H,22,26)(H,28,29)(H,30,31)/b23-10-/t7-,11+,12-,15+,19+,36?/m0/s1. The summed E-state index contributed by atoms with van der Waals surface area (Å²) in [6.07, 6.45) is -1.72. The summed E-state index contributed by atoms with van der Waals surface area (Å²) in [6.45, 7) is 3.13. The largest absolute Gasteiger partial charge is 0.478 e. The number of carboxylic acid groups (broad SMARTS) is 2. The van der Waals surface area contributed by atoms with E-state index < -0.39 is 81.3 Å². The first-order valence-corrected chi connectivity index (χ1v) is 12.8. The fraction of sp³-hybridized carbons (Fsp3) is 0.526. The molecular weight excluding hydrogens is 522 g/mol. The lowest BCUT2D eigenvalue weighted by atomic mass is 9.89. The predicted molar refractivity (Wildman–Crippen MR) is 121 cm³/mol. The van der Waals surface area contributed by atoms with Crippen molar-refractivity contribution in [3.05, 3.63) is 11.1 Å². The van der Waals surface area contributed by atoms with E-state index in [2.05, 4.69) is 15.5 Å². The number of carbonyl (C=O) groups is 5. The molecular formula is C19H21N5O10S2. The maximum Gasteiger partial charge on any atom is 0.370 e. The fourth-order valence-electron chi connectivity index (χ4n) is 4.27. The number of nitrogens with zero attached hydrogens (tertiary/aromatic N) is 3. The summed E-state index contributed by atoms with van der Waals surface area (Å²) in [7, 11) is -1.83. The first-order valence-electron chi connectivity index (χ1n) is 10.5. The number of aromatic nitrogens is 1. The quantitative estimate of drug-likeness (QED) is 0.125. The number of aliphatic carboxylic acids is 2. The molecule has 0 bridgehead atoms. The van der Waals surface area contributed by atoms with Crippen molar-refractivity contribution in [2.75, 3.05) is 11.5 Å². The zero-order valence-corrected chi connectivity index (χ0v) is 20.4. The number of amides is 2. The molecule has 1 aromatic heterocycles. The van der Waals surface area contributed by atoms with Gasteiger partial charge in [-0.15, -0.1) is 11.3 Å². The SMILES string of the molecule is CC(C)[C@H](O/N=C(\C(=O)N[C@@H]1C(=O)N2[C@@H]1S(=O)C[C@@H]1CC(=O)O[C@@]12C(=O)O)c1csc(N)n1)C(=O)O. The third-order valence-corrected chi connectivity index (χ3v) is 8.38. The Labute approximate surface area is 209 Å². The number of thiazole rings is 1. The monoisotopic (exact) mass is 543 g/mol. The fourth-order valence-corrected chi connectivity index (χ4v) is 6.73. The van der Waals surface area contributed by atoms with Gasteiger partial charge in [-0.1, -0.05) is 19.0 Å². The number of nitrogen functional groups attached to an aromatic ring is 1. The number of rotatable bonds is 8. The summed E-state index contributed by atoms with van der Waals surface area (Å²) < 4.78 is 17.9. The van der Waals surface area contributed by atoms with E-state index >= 15 is 0 Å². The molecule has 3 fully saturated rings. The third kappa shape index (κ3) is 3.97. The number of carbonyl (C=O) groups excluding carboxylic acids is 3. The summed E-state index contributed by atoms with van der Waals surface area (Å²) in [5, 5.41) is 25.3. The highest BCUT2D eigenvalue weighted by atomic mass is 32.2. The molecule has 6 atom stereocenters. The van der Waals surface area contributed by atoms with Crippen LogP contribution in [0.1, 0.15) is 26.0 Å². The van der Waals surface area contributed by atoms with E-state index in [1.807, 2.05) is 0 Å². The molecule has 0 aliphatic carbocycles. The highest BCUT2D eigenvalue weighted by Gasteiger charge is 2.73. The molecule has 194 valence electrons. The van der Waals surface area contributed by atoms with E-state index in [0.29, 0.717) is 0 Å². The van der Waals surface area contributed by atoms with E-state index in [1.165, 1.54) is 5.38 Å². The van der Waals surface area contributed by atoms with E-state index in [-0.39, 0.29) is 23.0 Å². The molecule has 3 aliphatic rings. The van der Waals surface area contributed by atoms with Gasteiger partial charge in [-0.2, -0.15) is 0 Å². The second kappa shape index (κ2) is 9.12. The van der Waals surface area contributed by atoms with Crippen molar-refractivity contribution in [1.82, 2.24) is 15.2 Å². The van der Waals surface area contributed by atoms with Gasteiger partial charge in [0.25, 0.3) is 17.5 Å². The van der Waals surface area contributed by atoms with E-state index in [4.69, 9.17) is 15.3 Å². The highest BCUT2D eigenvalue weighted by molar-refractivity contribution is 7.85. The van der Waals surface area contributed by atoms with Crippen molar-refractivity contribution in [2.45, 2.75) is 43.5 Å². The number of hydrogen-bond donors (Lipinski definition) is 4. The van der Waals surface area contributed by atoms with Gasteiger partial charge >= 0.3 is 17.9 Å². The van der Waals surface area contributed by atoms with Crippen LogP contribution in [0.3, 0.4) is 0 Å². The van der Waals surface area contributed by atoms with Crippen LogP contribution in [0.15, 0.2) is 10.5 Å². The topological polar surface area (TPSA) is 228 Å². The molecule has 1 unspecified atom stereocenters. The molecule has 0 radical (unpaired) electrons. The van der Waals surface area contributed by atoms with Crippen LogP contribution < -0.4 is 11.1 Å². The zero-order chi connectivity index (χ0) is 26.5. The Balaban J connectivity index is 1.61. The Morgan fingerprint density at radius 2 is 2.08 bits per heavy atom. The van der Waals surface area contributed by atoms with E-state index in [1.54, 1.807) is 13.8 Å². The predicted octanol–water partition coefficient (Wildman–Crippen LogP) is -1.69. The highest BCUT2D eigenvalue weighted by Crippen LogP contribution is 2.47. The van der Waals surface area contributed by atoms with Gasteiger partial charge in [-0.25, -0.2) is 14.6 Å². The molecule has 36 heavy (non-hydrogen) atoms. The second-order valence-electron chi connectivity index (χ2n) is 8.59. The maximum absolute atomic E-state index is 13.1. The molecule has 0 saturated carbocycles. The Morgan fingerprint density at radius 1 is 1.39 bits per heavy atom. The summed E-state index contributed by atoms with van der Waals surface area (Å²) in [5.41, 5.74) is 2.76. The Kier molecular flexibility index (Phi) is 6.46. The van der Waals surface area contributed by atoms with Crippen molar-refractivity contribution >= 4 is 62.7 Å². The van der Waals surface area contributed by atoms with E-state index in [9.17, 15) is 38.4 Å². The Hall–Kier alpha value is -3.60. The van der Waals surface area contributed by atoms with Crippen LogP contribution >= 0.6 is 11.3 Å². The maximum atomic E-state index is 13.1. The molecule has 4 rings (SSSR count). The molecule has 17 heteroatoms. The second-order valence-corrected chi connectivity index (χ2v) is 11.1. The minimum Gasteiger partial charge on any atom is -0.478 e. The van der Waals surface area contributed by atoms with E-state index in [0.717, 1.165) is 16.2 Å². The number of β-lactam (4-membered cyclic amide) rings is 1. The number of fused-ring (bicyclic) bond motifs is 3. The summed E-state index contributed by atoms with van der Waals surface area (Å²) in [5.74, 6) is -7.46. The lowest BCUT2D eigenvalue weighted by molar-refractivity contribution is -0.216. The van der Waals surface area contributed by atoms with Crippen LogP contribution in [-0.4, -0.2) is 88.7 Å². The Bertz CT molecular complexity index is 1210. The summed E-state index contributed by atoms with van der Waals surface area (Å²) in [6, 6.07) is -1.43. The van der Waals surface area contributed by atoms with Crippen LogP contribution in [0.25, 0.3) is 0 Å². The minimum atomic E-state index is -2.30. The van der Waals surface area contributed by atoms with Crippen molar-refractivity contribution in [2.24, 2.45) is 17.0 Å². The van der Waals surface area contributed by atoms with Crippen molar-refractivity contribution in [3.63, 3.8) is 0 Å². The molecule has 15 nitrogen and oxygen atoms in total. The van der Waals surface area contributed by atoms with Gasteiger partial charge in [0.15, 0.2) is 10.8 Å². The minimum absolute atomic E-state index is 0.0666. The van der Waals surface area contributed by atoms with Gasteiger partial charge in [-0.05, 0) is 0 Å². The smallest absolute Gasteiger partial charge is 0.370 e. The molecule has 3 aliphatic heterocycles. The number of esters is 1. The first kappa shape index (κ1) is 25.5. The summed E-state index contributed by atoms with van der Waals surface area (Å²) >= 11 is 0.964. The number of oxime groups is 1. The van der Waals surface area contributed by atoms with Gasteiger partial charge in [0, 0.05) is 27.9 Å². The molecule has 0 spiro atoms. The molecule has 0 aromatic carbocycles. The van der Waals surface area contributed by atoms with Crippen molar-refractivity contribution < 1.29 is 48.0 Å². The zero-order valence-electron chi connectivity index (χ0n) is 18.8. The first-order chi connectivity index (χ1) is 16.9. The lowest BCUT2D eigenvalue weighted by Crippen LogP contribution is -2.83. The van der Waals surface area contributed by atoms with Crippen molar-refractivity contribution in [3.8, 4) is 0 Å². The van der Waals surface area contributed by atoms with Gasteiger partial charge < -0.3 is 30.8 Å². The van der Waals surface area contributed by atoms with Crippen LogP contribution in [0.2, 0.25) is 0 Å². The average molecular weight is 544 g/mol. The van der Waals surface area contributed by atoms with Crippen LogP contribution in [0, 0.1) is 11.8 Å². The third-order valence-electron chi connectivity index (χ3n) is 5.95. The number of ether oxygens (including phenoxy) is 1. The number of nitrogens with two attached hydrogens (primary N) is 1. The average Bonchev–Trinajstić information content (AvgIpc) is 3.35. The molecule has 1 aromatic rings.